The van der Waals surface area contributed by atoms with Crippen molar-refractivity contribution in [3.05, 3.63) is 29.8 Å². The monoisotopic (exact) mass is 337 g/mol. The van der Waals surface area contributed by atoms with Crippen LogP contribution in [0.3, 0.4) is 0 Å². The van der Waals surface area contributed by atoms with Crippen LogP contribution >= 0.6 is 11.8 Å². The highest BCUT2D eigenvalue weighted by Gasteiger charge is 2.06. The Bertz CT molecular complexity index is 487. The SMILES string of the molecule is CCN(CC)CCNC(=O)CSCC(=O)Nc1ccc(C)cc1. The van der Waals surface area contributed by atoms with E-state index in [1.807, 2.05) is 31.2 Å². The molecular weight excluding hydrogens is 310 g/mol. The molecular formula is C17H27N3O2S. The number of likely N-dealkylation sites (N-methyl/N-ethyl adjacent to an activating group) is 1. The van der Waals surface area contributed by atoms with Crippen LogP contribution in [-0.4, -0.2) is 54.4 Å². The summed E-state index contributed by atoms with van der Waals surface area (Å²) in [6.07, 6.45) is 0. The van der Waals surface area contributed by atoms with E-state index in [1.165, 1.54) is 11.8 Å². The zero-order valence-corrected chi connectivity index (χ0v) is 15.0. The molecule has 0 saturated heterocycles. The van der Waals surface area contributed by atoms with Crippen molar-refractivity contribution in [2.24, 2.45) is 0 Å². The Balaban J connectivity index is 2.14. The van der Waals surface area contributed by atoms with Crippen molar-refractivity contribution in [2.75, 3.05) is 43.0 Å². The zero-order chi connectivity index (χ0) is 17.1. The van der Waals surface area contributed by atoms with E-state index in [1.54, 1.807) is 0 Å². The Morgan fingerprint density at radius 3 is 2.26 bits per heavy atom. The van der Waals surface area contributed by atoms with Crippen LogP contribution < -0.4 is 10.6 Å². The summed E-state index contributed by atoms with van der Waals surface area (Å²) in [5.74, 6) is 0.469. The summed E-state index contributed by atoms with van der Waals surface area (Å²) < 4.78 is 0. The average molecular weight is 337 g/mol. The van der Waals surface area contributed by atoms with Gasteiger partial charge in [0.2, 0.25) is 11.8 Å². The van der Waals surface area contributed by atoms with Gasteiger partial charge in [-0.15, -0.1) is 11.8 Å². The molecule has 23 heavy (non-hydrogen) atoms. The van der Waals surface area contributed by atoms with Gasteiger partial charge in [-0.1, -0.05) is 31.5 Å². The Morgan fingerprint density at radius 1 is 1.04 bits per heavy atom. The molecule has 0 saturated carbocycles. The fourth-order valence-corrected chi connectivity index (χ4v) is 2.66. The van der Waals surface area contributed by atoms with E-state index >= 15 is 0 Å². The van der Waals surface area contributed by atoms with Crippen molar-refractivity contribution in [1.29, 1.82) is 0 Å². The van der Waals surface area contributed by atoms with Gasteiger partial charge in [-0.25, -0.2) is 0 Å². The number of thioether (sulfide) groups is 1. The molecule has 0 aromatic heterocycles. The van der Waals surface area contributed by atoms with Crippen molar-refractivity contribution in [3.8, 4) is 0 Å². The minimum Gasteiger partial charge on any atom is -0.354 e. The third kappa shape index (κ3) is 8.62. The fraction of sp³-hybridized carbons (Fsp3) is 0.529. The Labute approximate surface area is 143 Å². The molecule has 2 N–H and O–H groups in total. The smallest absolute Gasteiger partial charge is 0.234 e. The standard InChI is InChI=1S/C17H27N3O2S/c1-4-20(5-2)11-10-18-16(21)12-23-13-17(22)19-15-8-6-14(3)7-9-15/h6-9H,4-5,10-13H2,1-3H3,(H,18,21)(H,19,22). The molecule has 1 aromatic rings. The maximum atomic E-state index is 11.8. The van der Waals surface area contributed by atoms with E-state index in [0.717, 1.165) is 30.9 Å². The molecule has 0 fully saturated rings. The van der Waals surface area contributed by atoms with Gasteiger partial charge in [-0.05, 0) is 32.1 Å². The third-order valence-corrected chi connectivity index (χ3v) is 4.38. The maximum Gasteiger partial charge on any atom is 0.234 e. The molecule has 1 rings (SSSR count). The lowest BCUT2D eigenvalue weighted by Crippen LogP contribution is -2.35. The van der Waals surface area contributed by atoms with Gasteiger partial charge >= 0.3 is 0 Å². The predicted octanol–water partition coefficient (Wildman–Crippen LogP) is 2.12. The van der Waals surface area contributed by atoms with Crippen LogP contribution in [-0.2, 0) is 9.59 Å². The van der Waals surface area contributed by atoms with E-state index in [-0.39, 0.29) is 17.6 Å². The molecule has 0 atom stereocenters. The molecule has 0 radical (unpaired) electrons. The predicted molar refractivity (Wildman–Crippen MR) is 97.9 cm³/mol. The molecule has 0 aliphatic carbocycles. The summed E-state index contributed by atoms with van der Waals surface area (Å²) in [5, 5.41) is 5.70. The number of rotatable bonds is 10. The second-order valence-electron chi connectivity index (χ2n) is 5.28. The van der Waals surface area contributed by atoms with Crippen molar-refractivity contribution in [3.63, 3.8) is 0 Å². The number of anilines is 1. The number of carbonyl (C=O) groups is 2. The highest BCUT2D eigenvalue weighted by atomic mass is 32.2. The van der Waals surface area contributed by atoms with E-state index in [9.17, 15) is 9.59 Å². The van der Waals surface area contributed by atoms with E-state index in [4.69, 9.17) is 0 Å². The van der Waals surface area contributed by atoms with Gasteiger partial charge in [-0.3, -0.25) is 9.59 Å². The molecule has 1 aromatic carbocycles. The van der Waals surface area contributed by atoms with Gasteiger partial charge in [-0.2, -0.15) is 0 Å². The summed E-state index contributed by atoms with van der Waals surface area (Å²) in [4.78, 5) is 25.7. The second-order valence-corrected chi connectivity index (χ2v) is 6.27. The van der Waals surface area contributed by atoms with Gasteiger partial charge in [0.15, 0.2) is 0 Å². The Kier molecular flexibility index (Phi) is 9.40. The van der Waals surface area contributed by atoms with Crippen molar-refractivity contribution < 1.29 is 9.59 Å². The number of nitrogens with zero attached hydrogens (tertiary/aromatic N) is 1. The van der Waals surface area contributed by atoms with Crippen LogP contribution in [0.25, 0.3) is 0 Å². The summed E-state index contributed by atoms with van der Waals surface area (Å²) in [7, 11) is 0. The molecule has 0 aliphatic heterocycles. The molecule has 5 nitrogen and oxygen atoms in total. The van der Waals surface area contributed by atoms with Gasteiger partial charge < -0.3 is 15.5 Å². The third-order valence-electron chi connectivity index (χ3n) is 3.45. The fourth-order valence-electron chi connectivity index (χ4n) is 2.01. The van der Waals surface area contributed by atoms with Crippen LogP contribution in [0.1, 0.15) is 19.4 Å². The number of benzene rings is 1. The van der Waals surface area contributed by atoms with Crippen molar-refractivity contribution in [2.45, 2.75) is 20.8 Å². The summed E-state index contributed by atoms with van der Waals surface area (Å²) >= 11 is 1.32. The van der Waals surface area contributed by atoms with E-state index < -0.39 is 0 Å². The van der Waals surface area contributed by atoms with Crippen molar-refractivity contribution in [1.82, 2.24) is 10.2 Å². The lowest BCUT2D eigenvalue weighted by molar-refractivity contribution is -0.118. The summed E-state index contributed by atoms with van der Waals surface area (Å²) in [6.45, 7) is 9.69. The highest BCUT2D eigenvalue weighted by Crippen LogP contribution is 2.09. The molecule has 6 heteroatoms. The topological polar surface area (TPSA) is 61.4 Å². The molecule has 2 amide bonds. The molecule has 0 heterocycles. The van der Waals surface area contributed by atoms with Gasteiger partial charge in [0.25, 0.3) is 0 Å². The van der Waals surface area contributed by atoms with Gasteiger partial charge in [0.1, 0.15) is 0 Å². The van der Waals surface area contributed by atoms with Gasteiger partial charge in [0.05, 0.1) is 11.5 Å². The number of amides is 2. The summed E-state index contributed by atoms with van der Waals surface area (Å²) in [5.41, 5.74) is 1.93. The van der Waals surface area contributed by atoms with E-state index in [0.29, 0.717) is 12.3 Å². The van der Waals surface area contributed by atoms with E-state index in [2.05, 4.69) is 29.4 Å². The van der Waals surface area contributed by atoms with Crippen LogP contribution in [0.5, 0.6) is 0 Å². The van der Waals surface area contributed by atoms with Crippen LogP contribution in [0.15, 0.2) is 24.3 Å². The maximum absolute atomic E-state index is 11.8. The molecule has 0 spiro atoms. The number of hydrogen-bond acceptors (Lipinski definition) is 4. The first kappa shape index (κ1) is 19.5. The van der Waals surface area contributed by atoms with Crippen LogP contribution in [0.2, 0.25) is 0 Å². The second kappa shape index (κ2) is 11.1. The molecule has 128 valence electrons. The summed E-state index contributed by atoms with van der Waals surface area (Å²) in [6, 6.07) is 7.65. The first-order valence-corrected chi connectivity index (χ1v) is 9.14. The minimum atomic E-state index is -0.0882. The number of hydrogen-bond donors (Lipinski definition) is 2. The molecule has 0 unspecified atom stereocenters. The number of aryl methyl sites for hydroxylation is 1. The lowest BCUT2D eigenvalue weighted by Gasteiger charge is -2.17. The van der Waals surface area contributed by atoms with Crippen LogP contribution in [0, 0.1) is 6.92 Å². The normalized spacial score (nSPS) is 10.6. The highest BCUT2D eigenvalue weighted by molar-refractivity contribution is 8.00. The minimum absolute atomic E-state index is 0.0229. The van der Waals surface area contributed by atoms with Crippen LogP contribution in [0.4, 0.5) is 5.69 Å². The first-order chi connectivity index (χ1) is 11.0. The molecule has 0 bridgehead atoms. The van der Waals surface area contributed by atoms with Gasteiger partial charge in [0, 0.05) is 18.8 Å². The number of carbonyl (C=O) groups excluding carboxylic acids is 2. The van der Waals surface area contributed by atoms with Crippen molar-refractivity contribution >= 4 is 29.3 Å². The molecule has 0 aliphatic rings. The quantitative estimate of drug-likeness (QED) is 0.687. The Hall–Kier alpha value is -1.53. The Morgan fingerprint density at radius 2 is 1.65 bits per heavy atom. The first-order valence-electron chi connectivity index (χ1n) is 7.98. The average Bonchev–Trinajstić information content (AvgIpc) is 2.54. The largest absolute Gasteiger partial charge is 0.354 e. The number of nitrogens with one attached hydrogen (secondary N) is 2. The lowest BCUT2D eigenvalue weighted by atomic mass is 10.2. The zero-order valence-electron chi connectivity index (χ0n) is 14.2.